The van der Waals surface area contributed by atoms with Crippen LogP contribution in [0.5, 0.6) is 11.5 Å². The highest BCUT2D eigenvalue weighted by Crippen LogP contribution is 2.62. The van der Waals surface area contributed by atoms with E-state index in [1.807, 2.05) is 24.3 Å². The lowest BCUT2D eigenvalue weighted by Crippen LogP contribution is -2.12. The standard InChI is InChI=1S/C31H33FO4/c1-30(2,3)16-21-13-19(5-9-24(21)25-14-22(35-4)8-10-28(25)32)18-36-23-7-6-20-11-12-31(26(20)15-23)17-27(31)29(33)34/h5-10,13-15,27H,11-12,16-18H2,1-4H3,(H,33,34). The van der Waals surface area contributed by atoms with Crippen molar-refractivity contribution in [3.8, 4) is 22.6 Å². The molecule has 0 saturated heterocycles. The van der Waals surface area contributed by atoms with Crippen LogP contribution in [0.1, 0.15) is 55.9 Å². The predicted molar refractivity (Wildman–Crippen MR) is 138 cm³/mol. The fourth-order valence-electron chi connectivity index (χ4n) is 5.74. The van der Waals surface area contributed by atoms with E-state index in [1.165, 1.54) is 11.6 Å². The highest BCUT2D eigenvalue weighted by molar-refractivity contribution is 5.78. The van der Waals surface area contributed by atoms with Crippen LogP contribution in [0.2, 0.25) is 0 Å². The summed E-state index contributed by atoms with van der Waals surface area (Å²) in [6, 6.07) is 17.0. The van der Waals surface area contributed by atoms with E-state index in [2.05, 4.69) is 32.9 Å². The van der Waals surface area contributed by atoms with Crippen LogP contribution in [-0.4, -0.2) is 18.2 Å². The predicted octanol–water partition coefficient (Wildman–Crippen LogP) is 6.96. The maximum atomic E-state index is 14.8. The molecule has 0 heterocycles. The highest BCUT2D eigenvalue weighted by Gasteiger charge is 2.61. The first-order valence-electron chi connectivity index (χ1n) is 12.5. The second kappa shape index (κ2) is 8.95. The molecule has 2 atom stereocenters. The van der Waals surface area contributed by atoms with Crippen LogP contribution in [0.3, 0.4) is 0 Å². The fraction of sp³-hybridized carbons (Fsp3) is 0.387. The molecule has 5 heteroatoms. The molecular weight excluding hydrogens is 455 g/mol. The smallest absolute Gasteiger partial charge is 0.307 e. The number of aryl methyl sites for hydroxylation is 1. The SMILES string of the molecule is COc1ccc(F)c(-c2ccc(COc3ccc4c(c3)C3(CC4)CC3C(=O)O)cc2CC(C)(C)C)c1. The Hall–Kier alpha value is -3.34. The van der Waals surface area contributed by atoms with Gasteiger partial charge in [0.15, 0.2) is 0 Å². The van der Waals surface area contributed by atoms with Gasteiger partial charge in [0.1, 0.15) is 23.9 Å². The van der Waals surface area contributed by atoms with Gasteiger partial charge < -0.3 is 14.6 Å². The van der Waals surface area contributed by atoms with Crippen LogP contribution in [0.25, 0.3) is 11.1 Å². The average Bonchev–Trinajstić information content (AvgIpc) is 3.47. The molecule has 0 aliphatic heterocycles. The Balaban J connectivity index is 1.40. The summed E-state index contributed by atoms with van der Waals surface area (Å²) in [5.41, 5.74) is 5.65. The number of hydrogen-bond donors (Lipinski definition) is 1. The fourth-order valence-corrected chi connectivity index (χ4v) is 5.74. The Kier molecular flexibility index (Phi) is 6.06. The maximum Gasteiger partial charge on any atom is 0.307 e. The van der Waals surface area contributed by atoms with Gasteiger partial charge in [0.25, 0.3) is 0 Å². The van der Waals surface area contributed by atoms with Gasteiger partial charge in [-0.25, -0.2) is 4.39 Å². The van der Waals surface area contributed by atoms with Crippen molar-refractivity contribution >= 4 is 5.97 Å². The highest BCUT2D eigenvalue weighted by atomic mass is 19.1. The van der Waals surface area contributed by atoms with E-state index in [0.29, 0.717) is 17.9 Å². The van der Waals surface area contributed by atoms with E-state index in [1.54, 1.807) is 19.2 Å². The lowest BCUT2D eigenvalue weighted by molar-refractivity contribution is -0.139. The number of hydrogen-bond acceptors (Lipinski definition) is 3. The summed E-state index contributed by atoms with van der Waals surface area (Å²) < 4.78 is 26.3. The van der Waals surface area contributed by atoms with E-state index >= 15 is 0 Å². The number of halogens is 1. The van der Waals surface area contributed by atoms with Gasteiger partial charge in [-0.15, -0.1) is 0 Å². The zero-order valence-electron chi connectivity index (χ0n) is 21.4. The van der Waals surface area contributed by atoms with Crippen molar-refractivity contribution in [2.45, 2.75) is 58.5 Å². The van der Waals surface area contributed by atoms with Gasteiger partial charge in [-0.05, 0) is 89.2 Å². The molecule has 4 nitrogen and oxygen atoms in total. The van der Waals surface area contributed by atoms with Crippen LogP contribution in [0.15, 0.2) is 54.6 Å². The van der Waals surface area contributed by atoms with Crippen LogP contribution in [0.4, 0.5) is 4.39 Å². The molecule has 1 N–H and O–H groups in total. The van der Waals surface area contributed by atoms with Crippen molar-refractivity contribution in [3.63, 3.8) is 0 Å². The third-order valence-electron chi connectivity index (χ3n) is 7.59. The molecule has 3 aromatic rings. The molecule has 2 aliphatic rings. The van der Waals surface area contributed by atoms with Crippen molar-refractivity contribution < 1.29 is 23.8 Å². The summed E-state index contributed by atoms with van der Waals surface area (Å²) in [6.07, 6.45) is 3.33. The first-order chi connectivity index (χ1) is 17.1. The molecule has 0 bridgehead atoms. The molecule has 0 radical (unpaired) electrons. The minimum absolute atomic E-state index is 0.0167. The molecule has 1 spiro atoms. The first kappa shape index (κ1) is 24.4. The number of carboxylic acid groups (broad SMARTS) is 1. The lowest BCUT2D eigenvalue weighted by atomic mass is 9.84. The van der Waals surface area contributed by atoms with E-state index in [4.69, 9.17) is 9.47 Å². The number of carboxylic acids is 1. The topological polar surface area (TPSA) is 55.8 Å². The number of ether oxygens (including phenoxy) is 2. The average molecular weight is 489 g/mol. The Morgan fingerprint density at radius 1 is 1.06 bits per heavy atom. The molecule has 0 aromatic heterocycles. The minimum Gasteiger partial charge on any atom is -0.497 e. The number of methoxy groups -OCH3 is 1. The summed E-state index contributed by atoms with van der Waals surface area (Å²) in [7, 11) is 1.58. The zero-order chi connectivity index (χ0) is 25.7. The monoisotopic (exact) mass is 488 g/mol. The van der Waals surface area contributed by atoms with Crippen molar-refractivity contribution in [2.24, 2.45) is 11.3 Å². The third-order valence-corrected chi connectivity index (χ3v) is 7.59. The molecule has 36 heavy (non-hydrogen) atoms. The maximum absolute atomic E-state index is 14.8. The zero-order valence-corrected chi connectivity index (χ0v) is 21.4. The van der Waals surface area contributed by atoms with Gasteiger partial charge in [0.05, 0.1) is 13.0 Å². The number of fused-ring (bicyclic) bond motifs is 2. The summed E-state index contributed by atoms with van der Waals surface area (Å²) in [5.74, 6) is 0.121. The number of carbonyl (C=O) groups is 1. The van der Waals surface area contributed by atoms with Gasteiger partial charge in [0, 0.05) is 11.0 Å². The van der Waals surface area contributed by atoms with Gasteiger partial charge in [0.2, 0.25) is 0 Å². The second-order valence-corrected chi connectivity index (χ2v) is 11.4. The first-order valence-corrected chi connectivity index (χ1v) is 12.5. The molecule has 0 amide bonds. The van der Waals surface area contributed by atoms with Crippen molar-refractivity contribution in [3.05, 3.63) is 82.7 Å². The van der Waals surface area contributed by atoms with Gasteiger partial charge in [-0.2, -0.15) is 0 Å². The Labute approximate surface area is 212 Å². The van der Waals surface area contributed by atoms with Crippen LogP contribution in [-0.2, 0) is 29.7 Å². The molecule has 1 saturated carbocycles. The van der Waals surface area contributed by atoms with Crippen LogP contribution >= 0.6 is 0 Å². The van der Waals surface area contributed by atoms with Crippen LogP contribution in [0, 0.1) is 17.2 Å². The molecule has 5 rings (SSSR count). The Morgan fingerprint density at radius 2 is 1.83 bits per heavy atom. The molecule has 188 valence electrons. The summed E-state index contributed by atoms with van der Waals surface area (Å²) >= 11 is 0. The number of rotatable bonds is 7. The normalized spacial score (nSPS) is 20.3. The van der Waals surface area contributed by atoms with Crippen molar-refractivity contribution in [2.75, 3.05) is 7.11 Å². The molecular formula is C31H33FO4. The summed E-state index contributed by atoms with van der Waals surface area (Å²) in [4.78, 5) is 11.6. The second-order valence-electron chi connectivity index (χ2n) is 11.4. The molecule has 2 unspecified atom stereocenters. The van der Waals surface area contributed by atoms with Gasteiger partial charge in [-0.1, -0.05) is 45.0 Å². The van der Waals surface area contributed by atoms with Crippen molar-refractivity contribution in [1.82, 2.24) is 0 Å². The summed E-state index contributed by atoms with van der Waals surface area (Å²) in [6.45, 7) is 6.89. The minimum atomic E-state index is -0.701. The molecule has 2 aliphatic carbocycles. The van der Waals surface area contributed by atoms with E-state index in [0.717, 1.165) is 53.7 Å². The van der Waals surface area contributed by atoms with E-state index in [-0.39, 0.29) is 22.6 Å². The summed E-state index contributed by atoms with van der Waals surface area (Å²) in [5, 5.41) is 9.52. The number of aliphatic carboxylic acids is 1. The van der Waals surface area contributed by atoms with E-state index in [9.17, 15) is 14.3 Å². The van der Waals surface area contributed by atoms with Gasteiger partial charge >= 0.3 is 5.97 Å². The van der Waals surface area contributed by atoms with E-state index < -0.39 is 5.97 Å². The number of benzene rings is 3. The van der Waals surface area contributed by atoms with Crippen molar-refractivity contribution in [1.29, 1.82) is 0 Å². The Morgan fingerprint density at radius 3 is 2.53 bits per heavy atom. The van der Waals surface area contributed by atoms with Crippen LogP contribution < -0.4 is 9.47 Å². The Bertz CT molecular complexity index is 1320. The molecule has 1 fully saturated rings. The third kappa shape index (κ3) is 4.59. The molecule has 3 aromatic carbocycles. The quantitative estimate of drug-likeness (QED) is 0.391. The lowest BCUT2D eigenvalue weighted by Gasteiger charge is -2.22. The van der Waals surface area contributed by atoms with Gasteiger partial charge in [-0.3, -0.25) is 4.79 Å². The largest absolute Gasteiger partial charge is 0.497 e.